The standard InChI is InChI=1S/C10H20O2Si/c1-10(2,3)13(4,5)12-9-6-8(11)7-9/h9H,6-7H2,1-5H3. The number of rotatable bonds is 2. The van der Waals surface area contributed by atoms with Gasteiger partial charge in [-0.1, -0.05) is 20.8 Å². The van der Waals surface area contributed by atoms with Gasteiger partial charge in [-0.2, -0.15) is 0 Å². The molecular weight excluding hydrogens is 180 g/mol. The van der Waals surface area contributed by atoms with Crippen LogP contribution in [0.2, 0.25) is 18.1 Å². The minimum atomic E-state index is -1.62. The Bertz CT molecular complexity index is 207. The third kappa shape index (κ3) is 2.41. The van der Waals surface area contributed by atoms with Crippen molar-refractivity contribution < 1.29 is 9.22 Å². The van der Waals surface area contributed by atoms with E-state index < -0.39 is 8.32 Å². The lowest BCUT2D eigenvalue weighted by atomic mass is 9.95. The van der Waals surface area contributed by atoms with Gasteiger partial charge >= 0.3 is 0 Å². The molecule has 0 amide bonds. The molecule has 13 heavy (non-hydrogen) atoms. The molecule has 0 aliphatic heterocycles. The Morgan fingerprint density at radius 1 is 1.31 bits per heavy atom. The highest BCUT2D eigenvalue weighted by molar-refractivity contribution is 6.74. The van der Waals surface area contributed by atoms with Crippen LogP contribution in [0.25, 0.3) is 0 Å². The maximum atomic E-state index is 10.8. The SMILES string of the molecule is CC(C)(C)[Si](C)(C)OC1CC(=O)C1. The summed E-state index contributed by atoms with van der Waals surface area (Å²) in [5.41, 5.74) is 0. The van der Waals surface area contributed by atoms with Crippen molar-refractivity contribution >= 4 is 14.1 Å². The van der Waals surface area contributed by atoms with Crippen LogP contribution in [-0.2, 0) is 9.22 Å². The molecule has 2 nitrogen and oxygen atoms in total. The quantitative estimate of drug-likeness (QED) is 0.641. The summed E-state index contributed by atoms with van der Waals surface area (Å²) >= 11 is 0. The van der Waals surface area contributed by atoms with Gasteiger partial charge in [-0.25, -0.2) is 0 Å². The van der Waals surface area contributed by atoms with Crippen molar-refractivity contribution in [2.24, 2.45) is 0 Å². The van der Waals surface area contributed by atoms with Crippen molar-refractivity contribution in [1.82, 2.24) is 0 Å². The molecule has 0 atom stereocenters. The number of hydrogen-bond acceptors (Lipinski definition) is 2. The number of carbonyl (C=O) groups is 1. The third-order valence-electron chi connectivity index (χ3n) is 3.18. The lowest BCUT2D eigenvalue weighted by Crippen LogP contribution is -2.47. The van der Waals surface area contributed by atoms with Gasteiger partial charge in [0.2, 0.25) is 0 Å². The molecule has 0 saturated heterocycles. The minimum Gasteiger partial charge on any atom is -0.413 e. The first-order chi connectivity index (χ1) is 5.72. The lowest BCUT2D eigenvalue weighted by molar-refractivity contribution is -0.129. The van der Waals surface area contributed by atoms with Gasteiger partial charge in [0.05, 0.1) is 6.10 Å². The van der Waals surface area contributed by atoms with Crippen LogP contribution in [0.5, 0.6) is 0 Å². The molecule has 3 heteroatoms. The predicted octanol–water partition coefficient (Wildman–Crippen LogP) is 2.74. The van der Waals surface area contributed by atoms with Gasteiger partial charge < -0.3 is 4.43 Å². The second-order valence-corrected chi connectivity index (χ2v) is 10.2. The van der Waals surface area contributed by atoms with Crippen LogP contribution in [0.15, 0.2) is 0 Å². The van der Waals surface area contributed by atoms with E-state index in [1.807, 2.05) is 0 Å². The predicted molar refractivity (Wildman–Crippen MR) is 56.3 cm³/mol. The van der Waals surface area contributed by atoms with Crippen molar-refractivity contribution in [1.29, 1.82) is 0 Å². The van der Waals surface area contributed by atoms with E-state index in [-0.39, 0.29) is 11.1 Å². The van der Waals surface area contributed by atoms with Crippen LogP contribution in [0.1, 0.15) is 33.6 Å². The van der Waals surface area contributed by atoms with Crippen molar-refractivity contribution in [2.45, 2.75) is 57.8 Å². The zero-order valence-corrected chi connectivity index (χ0v) is 10.3. The molecule has 1 fully saturated rings. The molecule has 76 valence electrons. The van der Waals surface area contributed by atoms with Gasteiger partial charge in [0.15, 0.2) is 8.32 Å². The summed E-state index contributed by atoms with van der Waals surface area (Å²) < 4.78 is 6.03. The molecule has 0 unspecified atom stereocenters. The van der Waals surface area contributed by atoms with Crippen molar-refractivity contribution in [3.63, 3.8) is 0 Å². The molecule has 0 bridgehead atoms. The molecule has 1 aliphatic rings. The van der Waals surface area contributed by atoms with Crippen molar-refractivity contribution in [3.05, 3.63) is 0 Å². The summed E-state index contributed by atoms with van der Waals surface area (Å²) in [5, 5.41) is 0.256. The summed E-state index contributed by atoms with van der Waals surface area (Å²) in [5.74, 6) is 0.351. The fraction of sp³-hybridized carbons (Fsp3) is 0.900. The molecule has 1 saturated carbocycles. The first-order valence-corrected chi connectivity index (χ1v) is 7.83. The fourth-order valence-corrected chi connectivity index (χ4v) is 2.48. The van der Waals surface area contributed by atoms with Gasteiger partial charge in [-0.05, 0) is 18.1 Å². The molecule has 0 spiro atoms. The first kappa shape index (κ1) is 10.9. The van der Waals surface area contributed by atoms with E-state index in [0.717, 1.165) is 0 Å². The topological polar surface area (TPSA) is 26.3 Å². The molecule has 0 heterocycles. The van der Waals surface area contributed by atoms with E-state index in [1.54, 1.807) is 0 Å². The monoisotopic (exact) mass is 200 g/mol. The van der Waals surface area contributed by atoms with E-state index in [4.69, 9.17) is 4.43 Å². The van der Waals surface area contributed by atoms with Gasteiger partial charge in [0.1, 0.15) is 5.78 Å². The number of hydrogen-bond donors (Lipinski definition) is 0. The van der Waals surface area contributed by atoms with E-state index >= 15 is 0 Å². The van der Waals surface area contributed by atoms with Gasteiger partial charge in [0.25, 0.3) is 0 Å². The van der Waals surface area contributed by atoms with Crippen LogP contribution in [-0.4, -0.2) is 20.2 Å². The molecule has 1 aliphatic carbocycles. The zero-order valence-electron chi connectivity index (χ0n) is 9.31. The summed E-state index contributed by atoms with van der Waals surface area (Å²) in [4.78, 5) is 10.8. The van der Waals surface area contributed by atoms with Crippen molar-refractivity contribution in [3.8, 4) is 0 Å². The molecule has 0 radical (unpaired) electrons. The fourth-order valence-electron chi connectivity index (χ4n) is 1.12. The van der Waals surface area contributed by atoms with Crippen LogP contribution in [0.3, 0.4) is 0 Å². The van der Waals surface area contributed by atoms with Crippen LogP contribution in [0, 0.1) is 0 Å². The maximum Gasteiger partial charge on any atom is 0.192 e. The van der Waals surface area contributed by atoms with Crippen molar-refractivity contribution in [2.75, 3.05) is 0 Å². The second-order valence-electron chi connectivity index (χ2n) is 5.45. The average Bonchev–Trinajstić information content (AvgIpc) is 1.80. The molecule has 0 N–H and O–H groups in total. The van der Waals surface area contributed by atoms with E-state index in [0.29, 0.717) is 18.6 Å². The summed E-state index contributed by atoms with van der Waals surface area (Å²) in [7, 11) is -1.62. The largest absolute Gasteiger partial charge is 0.413 e. The van der Waals surface area contributed by atoms with Gasteiger partial charge in [0, 0.05) is 12.8 Å². The highest BCUT2D eigenvalue weighted by Gasteiger charge is 2.41. The Hall–Kier alpha value is -0.153. The molecule has 1 rings (SSSR count). The Balaban J connectivity index is 2.48. The normalized spacial score (nSPS) is 20.2. The molecule has 0 aromatic carbocycles. The van der Waals surface area contributed by atoms with Gasteiger partial charge in [-0.3, -0.25) is 4.79 Å². The Morgan fingerprint density at radius 3 is 2.08 bits per heavy atom. The highest BCUT2D eigenvalue weighted by Crippen LogP contribution is 2.39. The van der Waals surface area contributed by atoms with Crippen LogP contribution < -0.4 is 0 Å². The summed E-state index contributed by atoms with van der Waals surface area (Å²) in [6.07, 6.45) is 1.52. The third-order valence-corrected chi connectivity index (χ3v) is 7.71. The van der Waals surface area contributed by atoms with Gasteiger partial charge in [-0.15, -0.1) is 0 Å². The maximum absolute atomic E-state index is 10.8. The van der Waals surface area contributed by atoms with E-state index in [2.05, 4.69) is 33.9 Å². The Morgan fingerprint density at radius 2 is 1.77 bits per heavy atom. The van der Waals surface area contributed by atoms with E-state index in [9.17, 15) is 4.79 Å². The summed E-state index contributed by atoms with van der Waals surface area (Å²) in [6, 6.07) is 0. The smallest absolute Gasteiger partial charge is 0.192 e. The number of Topliss-reactive ketones (excluding diaryl/α,β-unsaturated/α-hetero) is 1. The number of ketones is 1. The average molecular weight is 200 g/mol. The molecule has 0 aromatic heterocycles. The molecule has 0 aromatic rings. The highest BCUT2D eigenvalue weighted by atomic mass is 28.4. The molecular formula is C10H20O2Si. The summed E-state index contributed by atoms with van der Waals surface area (Å²) in [6.45, 7) is 11.1. The Labute approximate surface area is 81.8 Å². The Kier molecular flexibility index (Phi) is 2.70. The second kappa shape index (κ2) is 3.21. The minimum absolute atomic E-state index is 0.230. The van der Waals surface area contributed by atoms with E-state index in [1.165, 1.54) is 0 Å². The first-order valence-electron chi connectivity index (χ1n) is 4.92. The number of carbonyl (C=O) groups excluding carboxylic acids is 1. The lowest BCUT2D eigenvalue weighted by Gasteiger charge is -2.41. The zero-order chi connectivity index (χ0) is 10.3. The van der Waals surface area contributed by atoms with Crippen LogP contribution >= 0.6 is 0 Å². The van der Waals surface area contributed by atoms with Crippen LogP contribution in [0.4, 0.5) is 0 Å².